The molecular formula is C25H21NO6. The standard InChI is InChI=1S/C25H21NO6/c1-12(2)23-22(28)15-7-8-19-21(24(15)32-23)16(11-20(27)31-19)17-9-13-5-6-14(30-4)10-18(13)26(3)25(17)29/h5-10,16H,11H2,1-4H3/t16-/m0/s1. The predicted octanol–water partition coefficient (Wildman–Crippen LogP) is 3.86. The fraction of sp³-hybridized carbons (Fsp3) is 0.240. The van der Waals surface area contributed by atoms with E-state index < -0.39 is 11.9 Å². The molecule has 0 saturated carbocycles. The third-order valence-corrected chi connectivity index (χ3v) is 6.05. The van der Waals surface area contributed by atoms with Gasteiger partial charge in [-0.3, -0.25) is 14.4 Å². The molecule has 2 aromatic carbocycles. The van der Waals surface area contributed by atoms with Crippen LogP contribution in [0.3, 0.4) is 0 Å². The summed E-state index contributed by atoms with van der Waals surface area (Å²) in [4.78, 5) is 38.6. The van der Waals surface area contributed by atoms with Crippen LogP contribution in [-0.4, -0.2) is 23.4 Å². The molecule has 2 aliphatic heterocycles. The van der Waals surface area contributed by atoms with Gasteiger partial charge in [0.1, 0.15) is 17.2 Å². The molecule has 0 bridgehead atoms. The Morgan fingerprint density at radius 3 is 2.56 bits per heavy atom. The maximum absolute atomic E-state index is 13.4. The first-order valence-corrected chi connectivity index (χ1v) is 10.3. The summed E-state index contributed by atoms with van der Waals surface area (Å²) < 4.78 is 18.3. The Kier molecular flexibility index (Phi) is 4.44. The molecule has 0 saturated heterocycles. The number of rotatable bonds is 2. The number of esters is 1. The number of aromatic nitrogens is 1. The molecule has 5 rings (SSSR count). The van der Waals surface area contributed by atoms with E-state index in [1.807, 2.05) is 12.1 Å². The summed E-state index contributed by atoms with van der Waals surface area (Å²) in [5.74, 6) is 0.329. The molecule has 0 unspecified atom stereocenters. The zero-order valence-electron chi connectivity index (χ0n) is 18.1. The number of carbonyl (C=O) groups is 2. The highest BCUT2D eigenvalue weighted by molar-refractivity contribution is 6.13. The lowest BCUT2D eigenvalue weighted by Gasteiger charge is -2.26. The summed E-state index contributed by atoms with van der Waals surface area (Å²) in [5.41, 5.74) is 2.63. The van der Waals surface area contributed by atoms with Gasteiger partial charge in [-0.05, 0) is 55.1 Å². The summed E-state index contributed by atoms with van der Waals surface area (Å²) in [6.45, 7) is 3.60. The molecule has 0 fully saturated rings. The summed E-state index contributed by atoms with van der Waals surface area (Å²) in [6, 6.07) is 10.5. The van der Waals surface area contributed by atoms with Crippen LogP contribution in [0.25, 0.3) is 10.9 Å². The summed E-state index contributed by atoms with van der Waals surface area (Å²) in [5, 5.41) is 0.831. The summed E-state index contributed by atoms with van der Waals surface area (Å²) in [7, 11) is 3.26. The highest BCUT2D eigenvalue weighted by atomic mass is 16.5. The van der Waals surface area contributed by atoms with Gasteiger partial charge in [-0.2, -0.15) is 0 Å². The SMILES string of the molecule is COc1ccc2cc([C@@H]3CC(=O)Oc4ccc5c(c43)OC(=C(C)C)C5=O)c(=O)n(C)c2c1. The molecule has 7 nitrogen and oxygen atoms in total. The molecule has 1 atom stereocenters. The van der Waals surface area contributed by atoms with Crippen molar-refractivity contribution in [1.82, 2.24) is 4.57 Å². The number of ketones is 1. The van der Waals surface area contributed by atoms with Gasteiger partial charge in [-0.1, -0.05) is 0 Å². The van der Waals surface area contributed by atoms with Gasteiger partial charge >= 0.3 is 5.97 Å². The normalized spacial score (nSPS) is 17.0. The molecule has 3 aromatic rings. The van der Waals surface area contributed by atoms with Crippen molar-refractivity contribution in [3.8, 4) is 17.2 Å². The minimum Gasteiger partial charge on any atom is -0.497 e. The highest BCUT2D eigenvalue weighted by Gasteiger charge is 2.39. The number of benzene rings is 2. The molecule has 0 amide bonds. The van der Waals surface area contributed by atoms with Crippen LogP contribution in [0.5, 0.6) is 17.2 Å². The second-order valence-corrected chi connectivity index (χ2v) is 8.23. The van der Waals surface area contributed by atoms with Crippen LogP contribution < -0.4 is 19.8 Å². The Balaban J connectivity index is 1.76. The van der Waals surface area contributed by atoms with Crippen molar-refractivity contribution in [2.75, 3.05) is 7.11 Å². The van der Waals surface area contributed by atoms with Gasteiger partial charge in [0, 0.05) is 30.2 Å². The number of fused-ring (bicyclic) bond motifs is 4. The van der Waals surface area contributed by atoms with E-state index >= 15 is 0 Å². The lowest BCUT2D eigenvalue weighted by Crippen LogP contribution is -2.29. The predicted molar refractivity (Wildman–Crippen MR) is 118 cm³/mol. The largest absolute Gasteiger partial charge is 0.497 e. The van der Waals surface area contributed by atoms with E-state index in [-0.39, 0.29) is 23.5 Å². The average molecular weight is 431 g/mol. The molecular weight excluding hydrogens is 410 g/mol. The Labute approximate surface area is 183 Å². The minimum atomic E-state index is -0.601. The number of aryl methyl sites for hydroxylation is 1. The summed E-state index contributed by atoms with van der Waals surface area (Å²) >= 11 is 0. The van der Waals surface area contributed by atoms with Crippen LogP contribution in [0.1, 0.15) is 47.7 Å². The second-order valence-electron chi connectivity index (χ2n) is 8.23. The molecule has 7 heteroatoms. The zero-order valence-corrected chi connectivity index (χ0v) is 18.1. The van der Waals surface area contributed by atoms with Crippen molar-refractivity contribution in [3.63, 3.8) is 0 Å². The van der Waals surface area contributed by atoms with E-state index in [2.05, 4.69) is 0 Å². The number of hydrogen-bond donors (Lipinski definition) is 0. The zero-order chi connectivity index (χ0) is 22.7. The topological polar surface area (TPSA) is 83.8 Å². The first kappa shape index (κ1) is 20.1. The van der Waals surface area contributed by atoms with Crippen LogP contribution >= 0.6 is 0 Å². The Hall–Kier alpha value is -3.87. The van der Waals surface area contributed by atoms with Gasteiger partial charge in [0.05, 0.1) is 24.6 Å². The molecule has 3 heterocycles. The lowest BCUT2D eigenvalue weighted by atomic mass is 9.84. The number of methoxy groups -OCH3 is 1. The highest BCUT2D eigenvalue weighted by Crippen LogP contribution is 2.48. The van der Waals surface area contributed by atoms with E-state index in [1.54, 1.807) is 56.8 Å². The quantitative estimate of drug-likeness (QED) is 0.348. The fourth-order valence-electron chi connectivity index (χ4n) is 4.43. The number of Topliss-reactive ketones (excluding diaryl/α,β-unsaturated/α-hetero) is 1. The van der Waals surface area contributed by atoms with Gasteiger partial charge in [0.15, 0.2) is 5.76 Å². The summed E-state index contributed by atoms with van der Waals surface area (Å²) in [6.07, 6.45) is -0.0257. The van der Waals surface area contributed by atoms with Crippen LogP contribution in [-0.2, 0) is 11.8 Å². The number of nitrogens with zero attached hydrogens (tertiary/aromatic N) is 1. The Morgan fingerprint density at radius 2 is 1.84 bits per heavy atom. The number of allylic oxidation sites excluding steroid dienone is 2. The maximum atomic E-state index is 13.4. The maximum Gasteiger partial charge on any atom is 0.312 e. The fourth-order valence-corrected chi connectivity index (χ4v) is 4.43. The van der Waals surface area contributed by atoms with Crippen molar-refractivity contribution in [1.29, 1.82) is 0 Å². The van der Waals surface area contributed by atoms with Gasteiger partial charge in [0.2, 0.25) is 5.78 Å². The van der Waals surface area contributed by atoms with Crippen molar-refractivity contribution in [3.05, 3.63) is 74.8 Å². The van der Waals surface area contributed by atoms with Crippen molar-refractivity contribution >= 4 is 22.7 Å². The second kappa shape index (κ2) is 7.09. The van der Waals surface area contributed by atoms with E-state index in [4.69, 9.17) is 14.2 Å². The number of hydrogen-bond acceptors (Lipinski definition) is 6. The number of carbonyl (C=O) groups excluding carboxylic acids is 2. The first-order chi connectivity index (χ1) is 15.3. The van der Waals surface area contributed by atoms with Gasteiger partial charge < -0.3 is 18.8 Å². The van der Waals surface area contributed by atoms with E-state index in [0.717, 1.165) is 11.0 Å². The molecule has 1 aromatic heterocycles. The molecule has 2 aliphatic rings. The third-order valence-electron chi connectivity index (χ3n) is 6.05. The Morgan fingerprint density at radius 1 is 1.06 bits per heavy atom. The van der Waals surface area contributed by atoms with E-state index in [0.29, 0.717) is 39.5 Å². The smallest absolute Gasteiger partial charge is 0.312 e. The average Bonchev–Trinajstić information content (AvgIpc) is 3.12. The minimum absolute atomic E-state index is 0.0257. The van der Waals surface area contributed by atoms with Crippen molar-refractivity contribution in [2.45, 2.75) is 26.2 Å². The van der Waals surface area contributed by atoms with Crippen molar-refractivity contribution < 1.29 is 23.8 Å². The van der Waals surface area contributed by atoms with Crippen LogP contribution in [0, 0.1) is 0 Å². The van der Waals surface area contributed by atoms with E-state index in [1.165, 1.54) is 0 Å². The first-order valence-electron chi connectivity index (χ1n) is 10.3. The van der Waals surface area contributed by atoms with Crippen molar-refractivity contribution in [2.24, 2.45) is 7.05 Å². The van der Waals surface area contributed by atoms with Crippen LogP contribution in [0.2, 0.25) is 0 Å². The lowest BCUT2D eigenvalue weighted by molar-refractivity contribution is -0.135. The van der Waals surface area contributed by atoms with Gasteiger partial charge in [-0.15, -0.1) is 0 Å². The van der Waals surface area contributed by atoms with Gasteiger partial charge in [0.25, 0.3) is 5.56 Å². The molecule has 162 valence electrons. The Bertz CT molecular complexity index is 1420. The number of ether oxygens (including phenoxy) is 3. The van der Waals surface area contributed by atoms with Crippen LogP contribution in [0.15, 0.2) is 52.5 Å². The van der Waals surface area contributed by atoms with E-state index in [9.17, 15) is 14.4 Å². The number of pyridine rings is 1. The molecule has 32 heavy (non-hydrogen) atoms. The monoisotopic (exact) mass is 431 g/mol. The molecule has 0 radical (unpaired) electrons. The molecule has 0 spiro atoms. The molecule has 0 N–H and O–H groups in total. The third kappa shape index (κ3) is 2.85. The van der Waals surface area contributed by atoms with Gasteiger partial charge in [-0.25, -0.2) is 0 Å². The molecule has 0 aliphatic carbocycles. The van der Waals surface area contributed by atoms with Crippen LogP contribution in [0.4, 0.5) is 0 Å².